The van der Waals surface area contributed by atoms with Crippen LogP contribution in [0.2, 0.25) is 0 Å². The van der Waals surface area contributed by atoms with Crippen molar-refractivity contribution < 1.29 is 39.1 Å². The minimum Gasteiger partial charge on any atom is -0.389 e. The van der Waals surface area contributed by atoms with Crippen LogP contribution in [0.5, 0.6) is 0 Å². The first kappa shape index (κ1) is 34.3. The first-order valence-electron chi connectivity index (χ1n) is 18.9. The Bertz CT molecular complexity index is 1310. The summed E-state index contributed by atoms with van der Waals surface area (Å²) >= 11 is 0. The van der Waals surface area contributed by atoms with E-state index in [-0.39, 0.29) is 45.5 Å². The molecule has 8 rings (SSSR count). The van der Waals surface area contributed by atoms with Gasteiger partial charge in [-0.3, -0.25) is 4.79 Å². The van der Waals surface area contributed by atoms with E-state index in [2.05, 4.69) is 34.6 Å². The molecule has 1 unspecified atom stereocenters. The van der Waals surface area contributed by atoms with Gasteiger partial charge in [0.2, 0.25) is 5.91 Å². The third kappa shape index (κ3) is 4.30. The first-order valence-corrected chi connectivity index (χ1v) is 18.9. The number of fused-ring (bicyclic) bond motifs is 4. The molecule has 3 heterocycles. The second kappa shape index (κ2) is 10.6. The van der Waals surface area contributed by atoms with Crippen molar-refractivity contribution in [1.82, 2.24) is 4.90 Å². The van der Waals surface area contributed by atoms with Crippen molar-refractivity contribution in [1.29, 1.82) is 0 Å². The molecule has 5 aliphatic carbocycles. The van der Waals surface area contributed by atoms with Crippen molar-refractivity contribution >= 4 is 5.91 Å². The summed E-state index contributed by atoms with van der Waals surface area (Å²) in [5.41, 5.74) is -1.98. The topological polar surface area (TPSA) is 118 Å². The Morgan fingerprint density at radius 2 is 1.81 bits per heavy atom. The molecule has 3 saturated heterocycles. The molecule has 0 aromatic heterocycles. The number of ether oxygens (including phenoxy) is 4. The fourth-order valence-corrected chi connectivity index (χ4v) is 13.2. The van der Waals surface area contributed by atoms with Crippen LogP contribution in [0.25, 0.3) is 0 Å². The lowest BCUT2D eigenvalue weighted by Gasteiger charge is -2.63. The molecular formula is C39H60NO8. The van der Waals surface area contributed by atoms with Gasteiger partial charge in [0.25, 0.3) is 0 Å². The number of amides is 1. The Kier molecular flexibility index (Phi) is 7.59. The standard InChI is InChI=1S/C39H60NO8/c1-22-17-23(30(41)34(4,5)44)47-29-28(22)36(7)13-14-39-19-38(39)12-11-26(33(2,3)24(38)9-10-25(39)37(36,8)31(29)42)48-27-18-40(15-16-46-27)32(43)35(6)20-45-21-35/h22,24,26-28,30-31,41-42,44H,9-21H2,1-8H3/t22-,24+,26?,27+,28+,30+,31+,36-,37-,38-,39+/m1/s1. The van der Waals surface area contributed by atoms with Crippen LogP contribution in [-0.2, 0) is 23.7 Å². The van der Waals surface area contributed by atoms with Crippen molar-refractivity contribution in [3.05, 3.63) is 18.1 Å². The van der Waals surface area contributed by atoms with Crippen molar-refractivity contribution in [2.24, 2.45) is 50.2 Å². The van der Waals surface area contributed by atoms with Gasteiger partial charge >= 0.3 is 0 Å². The summed E-state index contributed by atoms with van der Waals surface area (Å²) in [5, 5.41) is 34.0. The molecule has 269 valence electrons. The molecule has 48 heavy (non-hydrogen) atoms. The summed E-state index contributed by atoms with van der Waals surface area (Å²) in [5.74, 6) is 2.54. The highest BCUT2D eigenvalue weighted by Crippen LogP contribution is 2.90. The summed E-state index contributed by atoms with van der Waals surface area (Å²) in [6.45, 7) is 19.5. The number of morpholine rings is 1. The smallest absolute Gasteiger partial charge is 0.233 e. The largest absolute Gasteiger partial charge is 0.389 e. The van der Waals surface area contributed by atoms with E-state index in [4.69, 9.17) is 18.9 Å². The van der Waals surface area contributed by atoms with E-state index in [0.29, 0.717) is 51.4 Å². The average molecular weight is 671 g/mol. The molecule has 3 aliphatic heterocycles. The van der Waals surface area contributed by atoms with Crippen molar-refractivity contribution in [3.63, 3.8) is 0 Å². The number of aliphatic hydroxyl groups excluding tert-OH is 2. The van der Waals surface area contributed by atoms with E-state index < -0.39 is 34.9 Å². The van der Waals surface area contributed by atoms with E-state index in [1.54, 1.807) is 19.8 Å². The lowest BCUT2D eigenvalue weighted by atomic mass is 9.41. The summed E-state index contributed by atoms with van der Waals surface area (Å²) in [7, 11) is 0. The quantitative estimate of drug-likeness (QED) is 0.381. The monoisotopic (exact) mass is 670 g/mol. The molecule has 0 aromatic carbocycles. The maximum Gasteiger partial charge on any atom is 0.233 e. The predicted octanol–water partition coefficient (Wildman–Crippen LogP) is 4.82. The number of hydrogen-bond acceptors (Lipinski definition) is 8. The van der Waals surface area contributed by atoms with E-state index in [1.807, 2.05) is 11.8 Å². The minimum absolute atomic E-state index is 0.0515. The molecule has 0 bridgehead atoms. The van der Waals surface area contributed by atoms with Gasteiger partial charge in [-0.2, -0.15) is 0 Å². The summed E-state index contributed by atoms with van der Waals surface area (Å²) in [4.78, 5) is 15.2. The van der Waals surface area contributed by atoms with Crippen LogP contribution in [0.15, 0.2) is 0 Å². The minimum atomic E-state index is -1.32. The molecule has 1 amide bonds. The lowest BCUT2D eigenvalue weighted by molar-refractivity contribution is -0.245. The highest BCUT2D eigenvalue weighted by molar-refractivity contribution is 5.83. The van der Waals surface area contributed by atoms with Gasteiger partial charge < -0.3 is 39.2 Å². The lowest BCUT2D eigenvalue weighted by Crippen LogP contribution is -2.60. The fourth-order valence-electron chi connectivity index (χ4n) is 13.2. The average Bonchev–Trinajstić information content (AvgIpc) is 3.65. The molecule has 9 heteroatoms. The van der Waals surface area contributed by atoms with Gasteiger partial charge in [0, 0.05) is 17.9 Å². The Morgan fingerprint density at radius 1 is 1.08 bits per heavy atom. The van der Waals surface area contributed by atoms with Crippen LogP contribution in [0, 0.1) is 68.4 Å². The molecule has 8 fully saturated rings. The third-order valence-corrected chi connectivity index (χ3v) is 16.0. The van der Waals surface area contributed by atoms with Gasteiger partial charge in [-0.25, -0.2) is 0 Å². The number of rotatable bonds is 5. The number of hydrogen-bond donors (Lipinski definition) is 3. The fraction of sp³-hybridized carbons (Fsp3) is 0.897. The molecule has 5 saturated carbocycles. The van der Waals surface area contributed by atoms with Crippen LogP contribution in [0.4, 0.5) is 0 Å². The van der Waals surface area contributed by atoms with Gasteiger partial charge in [0.1, 0.15) is 18.3 Å². The molecule has 9 nitrogen and oxygen atoms in total. The first-order chi connectivity index (χ1) is 22.4. The SMILES string of the molecule is C[C@@H]1C[C]([C@H](O)C(C)(C)O)O[C]2[C@H]1[C@@]1(C)CC[C@@]34C[C@@]35CCC(O[C@H]3CN(C(=O)C6(C)COC6)CCO3)C(C)(C)[C@@H]5CC[C]4[C@]1(C)[C@H]2O. The number of carbonyl (C=O) groups is 1. The number of nitrogens with zero attached hydrogens (tertiary/aromatic N) is 1. The maximum absolute atomic E-state index is 13.3. The van der Waals surface area contributed by atoms with Crippen molar-refractivity contribution in [2.75, 3.05) is 32.9 Å². The van der Waals surface area contributed by atoms with Gasteiger partial charge in [-0.15, -0.1) is 0 Å². The van der Waals surface area contributed by atoms with Crippen molar-refractivity contribution in [2.45, 2.75) is 137 Å². The zero-order valence-corrected chi connectivity index (χ0v) is 30.6. The highest BCUT2D eigenvalue weighted by atomic mass is 16.7. The van der Waals surface area contributed by atoms with Crippen LogP contribution >= 0.6 is 0 Å². The highest BCUT2D eigenvalue weighted by Gasteiger charge is 2.85. The summed E-state index contributed by atoms with van der Waals surface area (Å²) in [6, 6.07) is 0. The van der Waals surface area contributed by atoms with Gasteiger partial charge in [-0.05, 0) is 112 Å². The summed E-state index contributed by atoms with van der Waals surface area (Å²) < 4.78 is 24.8. The van der Waals surface area contributed by atoms with Crippen LogP contribution in [0.1, 0.15) is 107 Å². The summed E-state index contributed by atoms with van der Waals surface area (Å²) in [6.07, 6.45) is 7.18. The maximum atomic E-state index is 13.3. The normalized spacial score (nSPS) is 49.1. The Hall–Kier alpha value is -0.810. The van der Waals surface area contributed by atoms with E-state index >= 15 is 0 Å². The molecule has 8 aliphatic rings. The third-order valence-electron chi connectivity index (χ3n) is 16.0. The zero-order valence-electron chi connectivity index (χ0n) is 30.6. The zero-order chi connectivity index (χ0) is 34.4. The second-order valence-electron chi connectivity index (χ2n) is 19.3. The second-order valence-corrected chi connectivity index (χ2v) is 19.3. The van der Waals surface area contributed by atoms with Gasteiger partial charge in [-0.1, -0.05) is 34.6 Å². The predicted molar refractivity (Wildman–Crippen MR) is 177 cm³/mol. The van der Waals surface area contributed by atoms with Gasteiger partial charge in [0.15, 0.2) is 6.29 Å². The van der Waals surface area contributed by atoms with Crippen LogP contribution in [-0.4, -0.2) is 89.2 Å². The molecule has 11 atom stereocenters. The van der Waals surface area contributed by atoms with E-state index in [0.717, 1.165) is 44.6 Å². The molecular weight excluding hydrogens is 610 g/mol. The molecule has 3 N–H and O–H groups in total. The van der Waals surface area contributed by atoms with Crippen LogP contribution in [0.3, 0.4) is 0 Å². The Labute approximate surface area is 287 Å². The Morgan fingerprint density at radius 3 is 2.48 bits per heavy atom. The van der Waals surface area contributed by atoms with Gasteiger partial charge in [0.05, 0.1) is 49.6 Å². The van der Waals surface area contributed by atoms with E-state index in [1.165, 1.54) is 6.42 Å². The Balaban J connectivity index is 1.01. The number of carbonyl (C=O) groups excluding carboxylic acids is 1. The molecule has 3 radical (unpaired) electrons. The number of aliphatic hydroxyl groups is 3. The molecule has 0 aromatic rings. The van der Waals surface area contributed by atoms with Crippen molar-refractivity contribution in [3.8, 4) is 0 Å². The molecule has 2 spiro atoms. The van der Waals surface area contributed by atoms with E-state index in [9.17, 15) is 20.1 Å². The van der Waals surface area contributed by atoms with Crippen LogP contribution < -0.4 is 0 Å².